The van der Waals surface area contributed by atoms with E-state index in [1.165, 1.54) is 18.3 Å². The molecule has 7 heteroatoms. The van der Waals surface area contributed by atoms with Crippen molar-refractivity contribution in [2.45, 2.75) is 19.8 Å². The molecule has 1 amide bonds. The van der Waals surface area contributed by atoms with E-state index in [0.717, 1.165) is 5.56 Å². The van der Waals surface area contributed by atoms with Crippen molar-refractivity contribution in [3.63, 3.8) is 0 Å². The van der Waals surface area contributed by atoms with Gasteiger partial charge in [-0.05, 0) is 23.6 Å². The van der Waals surface area contributed by atoms with Crippen LogP contribution in [-0.4, -0.2) is 15.8 Å². The molecule has 0 radical (unpaired) electrons. The van der Waals surface area contributed by atoms with Gasteiger partial charge in [-0.2, -0.15) is 0 Å². The summed E-state index contributed by atoms with van der Waals surface area (Å²) in [5.74, 6) is -0.229. The summed E-state index contributed by atoms with van der Waals surface area (Å²) < 4.78 is 0. The molecule has 0 aliphatic heterocycles. The first-order valence-electron chi connectivity index (χ1n) is 7.05. The number of nitro benzene ring substituents is 1. The van der Waals surface area contributed by atoms with Gasteiger partial charge in [0.25, 0.3) is 5.69 Å². The average molecular weight is 334 g/mol. The maximum absolute atomic E-state index is 12.5. The molecule has 23 heavy (non-hydrogen) atoms. The van der Waals surface area contributed by atoms with Gasteiger partial charge in [-0.15, -0.1) is 0 Å². The second-order valence-corrected chi connectivity index (χ2v) is 5.86. The Bertz CT molecular complexity index is 700. The number of hydrogen-bond acceptors (Lipinski definition) is 4. The normalized spacial score (nSPS) is 12.0. The molecule has 1 atom stereocenters. The van der Waals surface area contributed by atoms with Crippen molar-refractivity contribution < 1.29 is 9.72 Å². The largest absolute Gasteiger partial charge is 0.310 e. The third-order valence-electron chi connectivity index (χ3n) is 3.39. The van der Waals surface area contributed by atoms with Crippen molar-refractivity contribution in [1.29, 1.82) is 0 Å². The summed E-state index contributed by atoms with van der Waals surface area (Å²) in [7, 11) is 0. The van der Waals surface area contributed by atoms with Crippen molar-refractivity contribution in [1.82, 2.24) is 4.98 Å². The number of halogens is 1. The second-order valence-electron chi connectivity index (χ2n) is 5.42. The molecule has 0 fully saturated rings. The van der Waals surface area contributed by atoms with Crippen LogP contribution in [0, 0.1) is 16.0 Å². The zero-order chi connectivity index (χ0) is 17.0. The highest BCUT2D eigenvalue weighted by Crippen LogP contribution is 2.27. The zero-order valence-electron chi connectivity index (χ0n) is 12.7. The first-order valence-corrected chi connectivity index (χ1v) is 7.43. The quantitative estimate of drug-likeness (QED) is 0.661. The number of nitro groups is 1. The average Bonchev–Trinajstić information content (AvgIpc) is 2.50. The fraction of sp³-hybridized carbons (Fsp3) is 0.250. The van der Waals surface area contributed by atoms with E-state index in [1.807, 2.05) is 13.8 Å². The fourth-order valence-corrected chi connectivity index (χ4v) is 2.41. The number of carbonyl (C=O) groups is 1. The molecule has 120 valence electrons. The van der Waals surface area contributed by atoms with E-state index in [0.29, 0.717) is 10.8 Å². The van der Waals surface area contributed by atoms with Gasteiger partial charge in [0.05, 0.1) is 15.9 Å². The minimum Gasteiger partial charge on any atom is -0.310 e. The molecule has 6 nitrogen and oxygen atoms in total. The summed E-state index contributed by atoms with van der Waals surface area (Å²) in [6.45, 7) is 3.84. The van der Waals surface area contributed by atoms with Gasteiger partial charge >= 0.3 is 0 Å². The molecule has 2 aromatic rings. The fourth-order valence-electron chi connectivity index (χ4n) is 2.30. The maximum Gasteiger partial charge on any atom is 0.269 e. The highest BCUT2D eigenvalue weighted by atomic mass is 35.5. The number of nitrogens with zero attached hydrogens (tertiary/aromatic N) is 2. The number of benzene rings is 1. The second kappa shape index (κ2) is 7.19. The molecule has 2 rings (SSSR count). The Hall–Kier alpha value is -2.47. The summed E-state index contributed by atoms with van der Waals surface area (Å²) in [6, 6.07) is 9.28. The Balaban J connectivity index is 2.21. The molecule has 0 saturated heterocycles. The van der Waals surface area contributed by atoms with Crippen LogP contribution in [-0.2, 0) is 4.79 Å². The molecule has 1 aromatic heterocycles. The van der Waals surface area contributed by atoms with E-state index >= 15 is 0 Å². The van der Waals surface area contributed by atoms with Gasteiger partial charge in [0.2, 0.25) is 5.91 Å². The lowest BCUT2D eigenvalue weighted by Crippen LogP contribution is -2.25. The van der Waals surface area contributed by atoms with Crippen LogP contribution in [0.15, 0.2) is 42.6 Å². The summed E-state index contributed by atoms with van der Waals surface area (Å²) >= 11 is 5.77. The predicted octanol–water partition coefficient (Wildman–Crippen LogP) is 4.02. The molecule has 0 aliphatic carbocycles. The molecule has 0 saturated carbocycles. The van der Waals surface area contributed by atoms with Crippen LogP contribution in [0.4, 0.5) is 11.5 Å². The molecule has 1 aromatic carbocycles. The number of amides is 1. The smallest absolute Gasteiger partial charge is 0.269 e. The molecule has 0 aliphatic rings. The number of non-ortho nitro benzene ring substituents is 1. The lowest BCUT2D eigenvalue weighted by Gasteiger charge is -2.20. The first-order chi connectivity index (χ1) is 10.9. The molecule has 1 heterocycles. The van der Waals surface area contributed by atoms with Crippen LogP contribution in [0.25, 0.3) is 0 Å². The van der Waals surface area contributed by atoms with Gasteiger partial charge < -0.3 is 5.32 Å². The van der Waals surface area contributed by atoms with E-state index < -0.39 is 10.8 Å². The van der Waals surface area contributed by atoms with E-state index in [4.69, 9.17) is 11.6 Å². The number of anilines is 1. The van der Waals surface area contributed by atoms with Crippen molar-refractivity contribution in [3.05, 3.63) is 63.3 Å². The Morgan fingerprint density at radius 1 is 1.22 bits per heavy atom. The molecule has 0 bridgehead atoms. The van der Waals surface area contributed by atoms with Crippen molar-refractivity contribution in [3.8, 4) is 0 Å². The Morgan fingerprint density at radius 3 is 2.35 bits per heavy atom. The van der Waals surface area contributed by atoms with E-state index in [-0.39, 0.29) is 17.5 Å². The number of carbonyl (C=O) groups excluding carboxylic acids is 1. The van der Waals surface area contributed by atoms with Crippen LogP contribution >= 0.6 is 11.6 Å². The van der Waals surface area contributed by atoms with Gasteiger partial charge in [0, 0.05) is 18.3 Å². The molecule has 1 unspecified atom stereocenters. The third kappa shape index (κ3) is 4.26. The lowest BCUT2D eigenvalue weighted by atomic mass is 9.87. The summed E-state index contributed by atoms with van der Waals surface area (Å²) in [5.41, 5.74) is 0.716. The standard InChI is InChI=1S/C16H16ClN3O3/c1-10(2)15(11-3-6-13(7-4-11)20(22)23)16(21)19-14-8-5-12(17)9-18-14/h3-10,15H,1-2H3,(H,18,19,21). The topological polar surface area (TPSA) is 85.1 Å². The Kier molecular flexibility index (Phi) is 5.28. The third-order valence-corrected chi connectivity index (χ3v) is 3.61. The monoisotopic (exact) mass is 333 g/mol. The SMILES string of the molecule is CC(C)C(C(=O)Nc1ccc(Cl)cn1)c1ccc([N+](=O)[O-])cc1. The summed E-state index contributed by atoms with van der Waals surface area (Å²) in [5, 5.41) is 14.0. The van der Waals surface area contributed by atoms with Crippen molar-refractivity contribution in [2.75, 3.05) is 5.32 Å². The van der Waals surface area contributed by atoms with Gasteiger partial charge in [0.1, 0.15) is 5.82 Å². The maximum atomic E-state index is 12.5. The Labute approximate surface area is 138 Å². The van der Waals surface area contributed by atoms with E-state index in [9.17, 15) is 14.9 Å². The highest BCUT2D eigenvalue weighted by molar-refractivity contribution is 6.30. The van der Waals surface area contributed by atoms with Gasteiger partial charge in [-0.1, -0.05) is 37.6 Å². The summed E-state index contributed by atoms with van der Waals surface area (Å²) in [4.78, 5) is 26.8. The van der Waals surface area contributed by atoms with E-state index in [1.54, 1.807) is 24.3 Å². The van der Waals surface area contributed by atoms with Crippen LogP contribution in [0.5, 0.6) is 0 Å². The number of rotatable bonds is 5. The summed E-state index contributed by atoms with van der Waals surface area (Å²) in [6.07, 6.45) is 1.45. The van der Waals surface area contributed by atoms with Crippen molar-refractivity contribution in [2.24, 2.45) is 5.92 Å². The number of pyridine rings is 1. The molecular formula is C16H16ClN3O3. The molecule has 1 N–H and O–H groups in total. The van der Waals surface area contributed by atoms with Crippen molar-refractivity contribution >= 4 is 29.0 Å². The first kappa shape index (κ1) is 16.9. The van der Waals surface area contributed by atoms with Crippen LogP contribution in [0.1, 0.15) is 25.3 Å². The number of nitrogens with one attached hydrogen (secondary N) is 1. The zero-order valence-corrected chi connectivity index (χ0v) is 13.4. The molecular weight excluding hydrogens is 318 g/mol. The van der Waals surface area contributed by atoms with Gasteiger partial charge in [-0.3, -0.25) is 14.9 Å². The van der Waals surface area contributed by atoms with E-state index in [2.05, 4.69) is 10.3 Å². The Morgan fingerprint density at radius 2 is 1.87 bits per heavy atom. The minimum atomic E-state index is -0.466. The highest BCUT2D eigenvalue weighted by Gasteiger charge is 2.25. The van der Waals surface area contributed by atoms with Crippen LogP contribution in [0.3, 0.4) is 0 Å². The number of hydrogen-bond donors (Lipinski definition) is 1. The number of aromatic nitrogens is 1. The van der Waals surface area contributed by atoms with Gasteiger partial charge in [-0.25, -0.2) is 4.98 Å². The van der Waals surface area contributed by atoms with Crippen LogP contribution in [0.2, 0.25) is 5.02 Å². The minimum absolute atomic E-state index is 0.00367. The molecule has 0 spiro atoms. The van der Waals surface area contributed by atoms with Crippen LogP contribution < -0.4 is 5.32 Å². The lowest BCUT2D eigenvalue weighted by molar-refractivity contribution is -0.384. The van der Waals surface area contributed by atoms with Gasteiger partial charge in [0.15, 0.2) is 0 Å². The predicted molar refractivity (Wildman–Crippen MR) is 88.6 cm³/mol.